The number of urea groups is 1. The van der Waals surface area contributed by atoms with E-state index in [2.05, 4.69) is 5.32 Å². The molecule has 0 saturated carbocycles. The predicted molar refractivity (Wildman–Crippen MR) is 135 cm³/mol. The first-order chi connectivity index (χ1) is 17.3. The van der Waals surface area contributed by atoms with Gasteiger partial charge in [0.25, 0.3) is 11.8 Å². The van der Waals surface area contributed by atoms with E-state index in [0.717, 1.165) is 21.4 Å². The maximum atomic E-state index is 13.4. The number of thiophene rings is 1. The highest BCUT2D eigenvalue weighted by Gasteiger charge is 2.49. The van der Waals surface area contributed by atoms with E-state index in [1.165, 1.54) is 11.3 Å². The van der Waals surface area contributed by atoms with E-state index in [1.807, 2.05) is 41.8 Å². The number of rotatable bonds is 5. The maximum absolute atomic E-state index is 13.4. The standard InChI is InChI=1S/C26H26N4O5S/c1-26(19-7-5-18-15-20(35-2)8-6-17(18)14-19)24(33)30(25(34)27-26)16-22(31)28-9-11-29(12-10-28)23(32)21-4-3-13-36-21/h3-8,13-15H,9-12,16H2,1-2H3,(H,27,34)/t26-/m1/s1. The highest BCUT2D eigenvalue weighted by molar-refractivity contribution is 7.12. The largest absolute Gasteiger partial charge is 0.497 e. The molecule has 2 aromatic carbocycles. The number of methoxy groups -OCH3 is 1. The van der Waals surface area contributed by atoms with Gasteiger partial charge in [-0.15, -0.1) is 11.3 Å². The summed E-state index contributed by atoms with van der Waals surface area (Å²) in [5, 5.41) is 6.48. The molecule has 9 nitrogen and oxygen atoms in total. The van der Waals surface area contributed by atoms with Crippen molar-refractivity contribution in [2.45, 2.75) is 12.5 Å². The van der Waals surface area contributed by atoms with Gasteiger partial charge in [-0.1, -0.05) is 24.3 Å². The zero-order valence-electron chi connectivity index (χ0n) is 20.0. The van der Waals surface area contributed by atoms with Gasteiger partial charge in [-0.05, 0) is 52.9 Å². The quantitative estimate of drug-likeness (QED) is 0.537. The predicted octanol–water partition coefficient (Wildman–Crippen LogP) is 2.66. The van der Waals surface area contributed by atoms with Crippen LogP contribution in [0.3, 0.4) is 0 Å². The molecule has 2 aliphatic heterocycles. The maximum Gasteiger partial charge on any atom is 0.325 e. The zero-order chi connectivity index (χ0) is 25.4. The third kappa shape index (κ3) is 4.17. The number of ether oxygens (including phenoxy) is 1. The second-order valence-corrected chi connectivity index (χ2v) is 9.97. The van der Waals surface area contributed by atoms with E-state index in [0.29, 0.717) is 36.6 Å². The number of imide groups is 1. The minimum atomic E-state index is -1.28. The van der Waals surface area contributed by atoms with Gasteiger partial charge in [0, 0.05) is 26.2 Å². The zero-order valence-corrected chi connectivity index (χ0v) is 20.8. The van der Waals surface area contributed by atoms with Crippen molar-refractivity contribution in [3.8, 4) is 5.75 Å². The molecule has 0 bridgehead atoms. The summed E-state index contributed by atoms with van der Waals surface area (Å²) in [4.78, 5) is 56.6. The van der Waals surface area contributed by atoms with Crippen molar-refractivity contribution in [2.75, 3.05) is 39.8 Å². The Morgan fingerprint density at radius 2 is 1.69 bits per heavy atom. The highest BCUT2D eigenvalue weighted by atomic mass is 32.1. The van der Waals surface area contributed by atoms with Crippen LogP contribution in [0.4, 0.5) is 4.79 Å². The number of amides is 5. The second kappa shape index (κ2) is 9.27. The molecule has 0 unspecified atom stereocenters. The van der Waals surface area contributed by atoms with Gasteiger partial charge >= 0.3 is 6.03 Å². The Morgan fingerprint density at radius 3 is 2.39 bits per heavy atom. The van der Waals surface area contributed by atoms with Gasteiger partial charge in [0.2, 0.25) is 5.91 Å². The molecular weight excluding hydrogens is 480 g/mol. The number of fused-ring (bicyclic) bond motifs is 1. The van der Waals surface area contributed by atoms with Gasteiger partial charge < -0.3 is 19.9 Å². The van der Waals surface area contributed by atoms with Gasteiger partial charge in [0.15, 0.2) is 0 Å². The Bertz CT molecular complexity index is 1350. The molecular formula is C26H26N4O5S. The van der Waals surface area contributed by atoms with Crippen molar-refractivity contribution in [3.63, 3.8) is 0 Å². The normalized spacial score (nSPS) is 20.1. The molecule has 0 spiro atoms. The molecule has 5 rings (SSSR count). The molecule has 0 aliphatic carbocycles. The molecule has 0 radical (unpaired) electrons. The van der Waals surface area contributed by atoms with Crippen molar-refractivity contribution in [2.24, 2.45) is 0 Å². The number of benzene rings is 2. The first kappa shape index (κ1) is 23.8. The smallest absolute Gasteiger partial charge is 0.325 e. The molecule has 2 saturated heterocycles. The van der Waals surface area contributed by atoms with E-state index in [-0.39, 0.29) is 18.4 Å². The Kier molecular flexibility index (Phi) is 6.13. The molecule has 5 amide bonds. The molecule has 3 aromatic rings. The molecule has 1 aromatic heterocycles. The van der Waals surface area contributed by atoms with Gasteiger partial charge in [-0.2, -0.15) is 0 Å². The Labute approximate surface area is 212 Å². The Hall–Kier alpha value is -3.92. The summed E-state index contributed by atoms with van der Waals surface area (Å²) in [7, 11) is 1.60. The fraction of sp³-hybridized carbons (Fsp3) is 0.308. The number of nitrogens with zero attached hydrogens (tertiary/aromatic N) is 3. The first-order valence-corrected chi connectivity index (χ1v) is 12.5. The Morgan fingerprint density at radius 1 is 1.00 bits per heavy atom. The number of piperazine rings is 1. The van der Waals surface area contributed by atoms with Crippen LogP contribution in [0.1, 0.15) is 22.2 Å². The number of carbonyl (C=O) groups is 4. The molecule has 2 aliphatic rings. The number of nitrogens with one attached hydrogen (secondary N) is 1. The molecule has 1 atom stereocenters. The van der Waals surface area contributed by atoms with Crippen molar-refractivity contribution in [3.05, 3.63) is 64.4 Å². The lowest BCUT2D eigenvalue weighted by Crippen LogP contribution is -2.53. The molecule has 186 valence electrons. The van der Waals surface area contributed by atoms with E-state index in [9.17, 15) is 19.2 Å². The average Bonchev–Trinajstić information content (AvgIpc) is 3.51. The number of hydrogen-bond donors (Lipinski definition) is 1. The molecule has 10 heteroatoms. The van der Waals surface area contributed by atoms with Crippen LogP contribution in [-0.4, -0.2) is 78.3 Å². The van der Waals surface area contributed by atoms with Gasteiger partial charge in [0.05, 0.1) is 12.0 Å². The Balaban J connectivity index is 1.25. The average molecular weight is 507 g/mol. The van der Waals surface area contributed by atoms with Crippen molar-refractivity contribution in [1.82, 2.24) is 20.0 Å². The SMILES string of the molecule is COc1ccc2cc([C@@]3(C)NC(=O)N(CC(=O)N4CCN(C(=O)c5cccs5)CC4)C3=O)ccc2c1. The minimum Gasteiger partial charge on any atom is -0.497 e. The summed E-state index contributed by atoms with van der Waals surface area (Å²) in [6.45, 7) is 2.82. The second-order valence-electron chi connectivity index (χ2n) is 9.02. The lowest BCUT2D eigenvalue weighted by atomic mass is 9.90. The highest BCUT2D eigenvalue weighted by Crippen LogP contribution is 2.32. The molecule has 1 N–H and O–H groups in total. The topological polar surface area (TPSA) is 99.3 Å². The summed E-state index contributed by atoms with van der Waals surface area (Å²) in [5.74, 6) is -0.110. The van der Waals surface area contributed by atoms with E-state index < -0.39 is 17.5 Å². The third-order valence-electron chi connectivity index (χ3n) is 6.84. The number of carbonyl (C=O) groups excluding carboxylic acids is 4. The molecule has 36 heavy (non-hydrogen) atoms. The monoisotopic (exact) mass is 506 g/mol. The van der Waals surface area contributed by atoms with Crippen LogP contribution < -0.4 is 10.1 Å². The van der Waals surface area contributed by atoms with E-state index in [1.54, 1.807) is 36.0 Å². The van der Waals surface area contributed by atoms with Crippen LogP contribution in [-0.2, 0) is 15.1 Å². The summed E-state index contributed by atoms with van der Waals surface area (Å²) in [6.07, 6.45) is 0. The van der Waals surface area contributed by atoms with E-state index in [4.69, 9.17) is 4.74 Å². The van der Waals surface area contributed by atoms with Crippen LogP contribution in [0.2, 0.25) is 0 Å². The lowest BCUT2D eigenvalue weighted by molar-refractivity contribution is -0.139. The summed E-state index contributed by atoms with van der Waals surface area (Å²) >= 11 is 1.39. The van der Waals surface area contributed by atoms with Crippen molar-refractivity contribution in [1.29, 1.82) is 0 Å². The minimum absolute atomic E-state index is 0.0456. The van der Waals surface area contributed by atoms with Gasteiger partial charge in [0.1, 0.15) is 17.8 Å². The first-order valence-electron chi connectivity index (χ1n) is 11.6. The van der Waals surface area contributed by atoms with Crippen LogP contribution in [0.15, 0.2) is 53.9 Å². The van der Waals surface area contributed by atoms with Gasteiger partial charge in [-0.3, -0.25) is 19.3 Å². The van der Waals surface area contributed by atoms with Gasteiger partial charge in [-0.25, -0.2) is 4.79 Å². The summed E-state index contributed by atoms with van der Waals surface area (Å²) < 4.78 is 5.27. The number of hydrogen-bond acceptors (Lipinski definition) is 6. The van der Waals surface area contributed by atoms with Crippen LogP contribution in [0, 0.1) is 0 Å². The fourth-order valence-electron chi connectivity index (χ4n) is 4.65. The molecule has 2 fully saturated rings. The van der Waals surface area contributed by atoms with E-state index >= 15 is 0 Å². The van der Waals surface area contributed by atoms with Crippen molar-refractivity contribution >= 4 is 45.9 Å². The summed E-state index contributed by atoms with van der Waals surface area (Å²) in [6, 6.07) is 14.2. The summed E-state index contributed by atoms with van der Waals surface area (Å²) in [5.41, 5.74) is -0.647. The lowest BCUT2D eigenvalue weighted by Gasteiger charge is -2.35. The fourth-order valence-corrected chi connectivity index (χ4v) is 5.34. The van der Waals surface area contributed by atoms with Crippen molar-refractivity contribution < 1.29 is 23.9 Å². The third-order valence-corrected chi connectivity index (χ3v) is 7.70. The molecule has 3 heterocycles. The van der Waals surface area contributed by atoms with Crippen LogP contribution >= 0.6 is 11.3 Å². The van der Waals surface area contributed by atoms with Crippen LogP contribution in [0.5, 0.6) is 5.75 Å². The van der Waals surface area contributed by atoms with Crippen LogP contribution in [0.25, 0.3) is 10.8 Å².